The summed E-state index contributed by atoms with van der Waals surface area (Å²) in [4.78, 5) is 12.3. The minimum absolute atomic E-state index is 0.0677. The molecule has 2 unspecified atom stereocenters. The van der Waals surface area contributed by atoms with Crippen molar-refractivity contribution in [3.8, 4) is 0 Å². The Morgan fingerprint density at radius 1 is 1.07 bits per heavy atom. The van der Waals surface area contributed by atoms with Crippen LogP contribution in [-0.2, 0) is 10.0 Å². The first-order chi connectivity index (χ1) is 13.5. The molecule has 8 heteroatoms. The predicted molar refractivity (Wildman–Crippen MR) is 103 cm³/mol. The number of hydrogen-bond acceptors (Lipinski definition) is 4. The number of fused-ring (bicyclic) bond motifs is 1. The number of nitrogens with one attached hydrogen (secondary N) is 1. The number of carbonyl (C=O) groups excluding carboxylic acids is 1. The van der Waals surface area contributed by atoms with Crippen molar-refractivity contribution in [2.75, 3.05) is 0 Å². The molecule has 1 fully saturated rings. The van der Waals surface area contributed by atoms with E-state index in [-0.39, 0.29) is 12.0 Å². The second kappa shape index (κ2) is 7.35. The Morgan fingerprint density at radius 2 is 1.79 bits per heavy atom. The van der Waals surface area contributed by atoms with Crippen LogP contribution in [-0.4, -0.2) is 25.2 Å². The molecular formula is C20H20FN3O3S. The average molecular weight is 401 g/mol. The molecule has 1 N–H and O–H groups in total. The van der Waals surface area contributed by atoms with E-state index in [1.165, 1.54) is 17.1 Å². The molecule has 0 spiro atoms. The smallest absolute Gasteiger partial charge is 0.245 e. The van der Waals surface area contributed by atoms with Crippen molar-refractivity contribution >= 4 is 21.8 Å². The molecule has 2 aliphatic rings. The van der Waals surface area contributed by atoms with Crippen molar-refractivity contribution in [2.45, 2.75) is 36.6 Å². The van der Waals surface area contributed by atoms with E-state index in [4.69, 9.17) is 0 Å². The van der Waals surface area contributed by atoms with Crippen molar-refractivity contribution in [3.05, 3.63) is 66.0 Å². The van der Waals surface area contributed by atoms with Crippen molar-refractivity contribution < 1.29 is 17.6 Å². The highest BCUT2D eigenvalue weighted by Gasteiger charge is 2.43. The molecule has 1 heterocycles. The van der Waals surface area contributed by atoms with Crippen molar-refractivity contribution in [1.82, 2.24) is 9.73 Å². The first kappa shape index (κ1) is 18.6. The Morgan fingerprint density at radius 3 is 2.54 bits per heavy atom. The van der Waals surface area contributed by atoms with E-state index in [0.29, 0.717) is 0 Å². The molecule has 0 bridgehead atoms. The number of hydrazone groups is 1. The van der Waals surface area contributed by atoms with Crippen LogP contribution in [0.3, 0.4) is 0 Å². The standard InChI is InChI=1S/C20H20FN3O3S/c21-16-11-5-7-13-18(16)28(26,27)23-20(25)24-19(14-8-2-1-3-9-14)15-10-4-6-12-17(15)22-24/h1-3,5,7-9,11,13,15,19H,4,6,10,12H2,(H,23,25). The molecule has 4 rings (SSSR count). The number of sulfonamides is 1. The Bertz CT molecular complexity index is 1020. The molecule has 146 valence electrons. The highest BCUT2D eigenvalue weighted by molar-refractivity contribution is 7.90. The van der Waals surface area contributed by atoms with E-state index >= 15 is 0 Å². The number of urea groups is 1. The fraction of sp³-hybridized carbons (Fsp3) is 0.300. The molecule has 2 aromatic rings. The van der Waals surface area contributed by atoms with Gasteiger partial charge in [0.05, 0.1) is 6.04 Å². The van der Waals surface area contributed by atoms with Crippen LogP contribution < -0.4 is 4.72 Å². The third-order valence-electron chi connectivity index (χ3n) is 5.20. The minimum atomic E-state index is -4.35. The summed E-state index contributed by atoms with van der Waals surface area (Å²) in [6, 6.07) is 13.2. The van der Waals surface area contributed by atoms with E-state index in [0.717, 1.165) is 49.1 Å². The maximum absolute atomic E-state index is 13.9. The lowest BCUT2D eigenvalue weighted by molar-refractivity contribution is 0.180. The maximum Gasteiger partial charge on any atom is 0.352 e. The number of rotatable bonds is 3. The Hall–Kier alpha value is -2.74. The molecule has 1 aliphatic carbocycles. The molecular weight excluding hydrogens is 381 g/mol. The normalized spacial score (nSPS) is 21.8. The lowest BCUT2D eigenvalue weighted by Gasteiger charge is -2.28. The molecule has 6 nitrogen and oxygen atoms in total. The van der Waals surface area contributed by atoms with Crippen LogP contribution in [0.15, 0.2) is 64.6 Å². The Balaban J connectivity index is 1.65. The fourth-order valence-corrected chi connectivity index (χ4v) is 4.95. The van der Waals surface area contributed by atoms with Gasteiger partial charge in [0.15, 0.2) is 0 Å². The quantitative estimate of drug-likeness (QED) is 0.849. The molecule has 0 aromatic heterocycles. The highest BCUT2D eigenvalue weighted by atomic mass is 32.2. The van der Waals surface area contributed by atoms with Crippen LogP contribution in [0.5, 0.6) is 0 Å². The van der Waals surface area contributed by atoms with Gasteiger partial charge in [-0.1, -0.05) is 48.9 Å². The summed E-state index contributed by atoms with van der Waals surface area (Å²) in [6.07, 6.45) is 3.72. The molecule has 1 aliphatic heterocycles. The van der Waals surface area contributed by atoms with E-state index in [1.54, 1.807) is 0 Å². The van der Waals surface area contributed by atoms with Gasteiger partial charge in [-0.05, 0) is 37.0 Å². The Labute approximate surface area is 163 Å². The van der Waals surface area contributed by atoms with Crippen molar-refractivity contribution in [1.29, 1.82) is 0 Å². The van der Waals surface area contributed by atoms with E-state index in [2.05, 4.69) is 5.10 Å². The van der Waals surface area contributed by atoms with Gasteiger partial charge in [-0.2, -0.15) is 5.10 Å². The number of halogens is 1. The van der Waals surface area contributed by atoms with Gasteiger partial charge < -0.3 is 0 Å². The van der Waals surface area contributed by atoms with E-state index in [1.807, 2.05) is 35.1 Å². The van der Waals surface area contributed by atoms with Crippen LogP contribution in [0, 0.1) is 11.7 Å². The van der Waals surface area contributed by atoms with E-state index in [9.17, 15) is 17.6 Å². The third-order valence-corrected chi connectivity index (χ3v) is 6.56. The van der Waals surface area contributed by atoms with Crippen molar-refractivity contribution in [3.63, 3.8) is 0 Å². The summed E-state index contributed by atoms with van der Waals surface area (Å²) in [5, 5.41) is 5.66. The zero-order chi connectivity index (χ0) is 19.7. The second-order valence-electron chi connectivity index (χ2n) is 6.98. The lowest BCUT2D eigenvalue weighted by atomic mass is 9.80. The lowest BCUT2D eigenvalue weighted by Crippen LogP contribution is -2.41. The monoisotopic (exact) mass is 401 g/mol. The number of amides is 2. The number of nitrogens with zero attached hydrogens (tertiary/aromatic N) is 2. The summed E-state index contributed by atoms with van der Waals surface area (Å²) in [5.41, 5.74) is 1.81. The summed E-state index contributed by atoms with van der Waals surface area (Å²) >= 11 is 0. The number of benzene rings is 2. The highest BCUT2D eigenvalue weighted by Crippen LogP contribution is 2.42. The Kier molecular flexibility index (Phi) is 4.89. The van der Waals surface area contributed by atoms with Crippen LogP contribution >= 0.6 is 0 Å². The van der Waals surface area contributed by atoms with Gasteiger partial charge in [0.25, 0.3) is 10.0 Å². The molecule has 0 saturated heterocycles. The largest absolute Gasteiger partial charge is 0.352 e. The van der Waals surface area contributed by atoms with Gasteiger partial charge in [-0.25, -0.2) is 27.3 Å². The van der Waals surface area contributed by atoms with Crippen LogP contribution in [0.1, 0.15) is 37.3 Å². The summed E-state index contributed by atoms with van der Waals surface area (Å²) < 4.78 is 41.0. The first-order valence-electron chi connectivity index (χ1n) is 9.20. The minimum Gasteiger partial charge on any atom is -0.245 e. The molecule has 2 aromatic carbocycles. The van der Waals surface area contributed by atoms with Crippen LogP contribution in [0.2, 0.25) is 0 Å². The fourth-order valence-electron chi connectivity index (χ4n) is 3.93. The number of hydrogen-bond donors (Lipinski definition) is 1. The molecule has 1 saturated carbocycles. The zero-order valence-electron chi connectivity index (χ0n) is 15.1. The zero-order valence-corrected chi connectivity index (χ0v) is 15.9. The van der Waals surface area contributed by atoms with Gasteiger partial charge in [0.1, 0.15) is 10.7 Å². The van der Waals surface area contributed by atoms with Crippen LogP contribution in [0.4, 0.5) is 9.18 Å². The van der Waals surface area contributed by atoms with Gasteiger partial charge in [-0.15, -0.1) is 0 Å². The summed E-state index contributed by atoms with van der Waals surface area (Å²) in [7, 11) is -4.35. The van der Waals surface area contributed by atoms with Crippen LogP contribution in [0.25, 0.3) is 0 Å². The molecule has 0 radical (unpaired) electrons. The average Bonchev–Trinajstić information content (AvgIpc) is 3.08. The third kappa shape index (κ3) is 3.40. The van der Waals surface area contributed by atoms with Gasteiger partial charge in [-0.3, -0.25) is 0 Å². The number of carbonyl (C=O) groups is 1. The predicted octanol–water partition coefficient (Wildman–Crippen LogP) is 3.83. The van der Waals surface area contributed by atoms with Gasteiger partial charge >= 0.3 is 6.03 Å². The van der Waals surface area contributed by atoms with Gasteiger partial charge in [0, 0.05) is 11.6 Å². The molecule has 2 amide bonds. The summed E-state index contributed by atoms with van der Waals surface area (Å²) in [5.74, 6) is -0.845. The maximum atomic E-state index is 13.9. The SMILES string of the molecule is O=C(NS(=O)(=O)c1ccccc1F)N1N=C2CCCCC2C1c1ccccc1. The van der Waals surface area contributed by atoms with Crippen molar-refractivity contribution in [2.24, 2.45) is 11.0 Å². The van der Waals surface area contributed by atoms with Gasteiger partial charge in [0.2, 0.25) is 0 Å². The second-order valence-corrected chi connectivity index (χ2v) is 8.64. The van der Waals surface area contributed by atoms with E-state index < -0.39 is 26.8 Å². The first-order valence-corrected chi connectivity index (χ1v) is 10.7. The molecule has 28 heavy (non-hydrogen) atoms. The molecule has 2 atom stereocenters. The summed E-state index contributed by atoms with van der Waals surface area (Å²) in [6.45, 7) is 0. The topological polar surface area (TPSA) is 78.8 Å².